The highest BCUT2D eigenvalue weighted by Crippen LogP contribution is 2.32. The van der Waals surface area contributed by atoms with Gasteiger partial charge in [0.2, 0.25) is 0 Å². The van der Waals surface area contributed by atoms with Gasteiger partial charge in [-0.25, -0.2) is 9.78 Å². The molecule has 27 heavy (non-hydrogen) atoms. The maximum Gasteiger partial charge on any atom is 0.336 e. The van der Waals surface area contributed by atoms with Crippen molar-refractivity contribution in [2.24, 2.45) is 0 Å². The number of aromatic carboxylic acids is 1. The lowest BCUT2D eigenvalue weighted by atomic mass is 9.98. The Morgan fingerprint density at radius 3 is 2.63 bits per heavy atom. The van der Waals surface area contributed by atoms with E-state index in [1.807, 2.05) is 36.4 Å². The number of aromatic nitrogens is 1. The number of hydrogen-bond acceptors (Lipinski definition) is 4. The summed E-state index contributed by atoms with van der Waals surface area (Å²) < 4.78 is 11.1. The molecule has 0 atom stereocenters. The average Bonchev–Trinajstić information content (AvgIpc) is 3.09. The Labute approximate surface area is 156 Å². The lowest BCUT2D eigenvalue weighted by Crippen LogP contribution is -2.01. The Balaban J connectivity index is 1.91. The molecule has 0 aliphatic rings. The molecule has 0 radical (unpaired) electrons. The van der Waals surface area contributed by atoms with E-state index in [0.29, 0.717) is 39.6 Å². The highest BCUT2D eigenvalue weighted by molar-refractivity contribution is 6.04. The minimum absolute atomic E-state index is 0.218. The SMILES string of the molecule is COc1ccc2cc(-c3cc(C(=O)O)c4cc(C(C)C)ccc4n3)oc2c1. The van der Waals surface area contributed by atoms with Crippen LogP contribution in [0.1, 0.15) is 35.7 Å². The van der Waals surface area contributed by atoms with Crippen molar-refractivity contribution in [3.05, 3.63) is 59.7 Å². The zero-order chi connectivity index (χ0) is 19.1. The Morgan fingerprint density at radius 2 is 1.93 bits per heavy atom. The molecule has 0 saturated heterocycles. The van der Waals surface area contributed by atoms with Crippen molar-refractivity contribution in [1.29, 1.82) is 0 Å². The number of rotatable bonds is 4. The maximum atomic E-state index is 11.9. The molecule has 136 valence electrons. The molecule has 4 aromatic rings. The van der Waals surface area contributed by atoms with Crippen molar-refractivity contribution in [3.8, 4) is 17.2 Å². The Kier molecular flexibility index (Phi) is 4.07. The summed E-state index contributed by atoms with van der Waals surface area (Å²) in [5.41, 5.74) is 3.09. The molecule has 5 nitrogen and oxygen atoms in total. The quantitative estimate of drug-likeness (QED) is 0.521. The molecule has 4 rings (SSSR count). The maximum absolute atomic E-state index is 11.9. The zero-order valence-electron chi connectivity index (χ0n) is 15.3. The van der Waals surface area contributed by atoms with E-state index in [1.54, 1.807) is 19.2 Å². The van der Waals surface area contributed by atoms with Gasteiger partial charge in [0.15, 0.2) is 5.76 Å². The van der Waals surface area contributed by atoms with E-state index < -0.39 is 5.97 Å². The number of ether oxygens (including phenoxy) is 1. The van der Waals surface area contributed by atoms with E-state index in [2.05, 4.69) is 18.8 Å². The Morgan fingerprint density at radius 1 is 1.11 bits per heavy atom. The van der Waals surface area contributed by atoms with Crippen molar-refractivity contribution in [2.75, 3.05) is 7.11 Å². The lowest BCUT2D eigenvalue weighted by Gasteiger charge is -2.10. The number of benzene rings is 2. The van der Waals surface area contributed by atoms with E-state index >= 15 is 0 Å². The first kappa shape index (κ1) is 17.1. The van der Waals surface area contributed by atoms with Gasteiger partial charge in [0.25, 0.3) is 0 Å². The number of hydrogen-bond donors (Lipinski definition) is 1. The molecule has 0 aliphatic carbocycles. The molecule has 0 bridgehead atoms. The first-order valence-electron chi connectivity index (χ1n) is 8.72. The van der Waals surface area contributed by atoms with Crippen molar-refractivity contribution >= 4 is 27.8 Å². The molecule has 2 aromatic heterocycles. The van der Waals surface area contributed by atoms with Crippen molar-refractivity contribution < 1.29 is 19.1 Å². The van der Waals surface area contributed by atoms with Crippen LogP contribution in [0, 0.1) is 0 Å². The summed E-state index contributed by atoms with van der Waals surface area (Å²) >= 11 is 0. The van der Waals surface area contributed by atoms with Gasteiger partial charge >= 0.3 is 5.97 Å². The number of nitrogens with zero attached hydrogens (tertiary/aromatic N) is 1. The summed E-state index contributed by atoms with van der Waals surface area (Å²) in [4.78, 5) is 16.5. The average molecular weight is 361 g/mol. The van der Waals surface area contributed by atoms with Gasteiger partial charge in [-0.05, 0) is 47.9 Å². The second kappa shape index (κ2) is 6.43. The molecular weight excluding hydrogens is 342 g/mol. The molecular formula is C22H19NO4. The van der Waals surface area contributed by atoms with E-state index in [0.717, 1.165) is 10.9 Å². The minimum Gasteiger partial charge on any atom is -0.497 e. The van der Waals surface area contributed by atoms with Crippen LogP contribution in [0.3, 0.4) is 0 Å². The number of carboxylic acid groups (broad SMARTS) is 1. The highest BCUT2D eigenvalue weighted by atomic mass is 16.5. The molecule has 0 fully saturated rings. The Hall–Kier alpha value is -3.34. The summed E-state index contributed by atoms with van der Waals surface area (Å²) in [6.45, 7) is 4.15. The van der Waals surface area contributed by atoms with Crippen LogP contribution in [-0.4, -0.2) is 23.2 Å². The lowest BCUT2D eigenvalue weighted by molar-refractivity contribution is 0.0699. The van der Waals surface area contributed by atoms with Crippen LogP contribution in [0.25, 0.3) is 33.3 Å². The topological polar surface area (TPSA) is 72.6 Å². The predicted octanol–water partition coefficient (Wildman–Crippen LogP) is 5.48. The van der Waals surface area contributed by atoms with Crippen molar-refractivity contribution in [3.63, 3.8) is 0 Å². The van der Waals surface area contributed by atoms with Crippen LogP contribution in [-0.2, 0) is 0 Å². The van der Waals surface area contributed by atoms with Gasteiger partial charge in [0, 0.05) is 16.8 Å². The fourth-order valence-electron chi connectivity index (χ4n) is 3.17. The summed E-state index contributed by atoms with van der Waals surface area (Å²) in [7, 11) is 1.60. The van der Waals surface area contributed by atoms with Crippen LogP contribution in [0.5, 0.6) is 5.75 Å². The van der Waals surface area contributed by atoms with Gasteiger partial charge in [0.05, 0.1) is 18.2 Å². The standard InChI is InChI=1S/C22H19NO4/c1-12(2)13-5-7-18-16(8-13)17(22(24)25)11-19(23-18)21-9-14-4-6-15(26-3)10-20(14)27-21/h4-12H,1-3H3,(H,24,25). The van der Waals surface area contributed by atoms with Crippen LogP contribution in [0.4, 0.5) is 0 Å². The molecule has 0 unspecified atom stereocenters. The number of furan rings is 1. The number of carbonyl (C=O) groups is 1. The summed E-state index contributed by atoms with van der Waals surface area (Å²) in [6, 6.07) is 14.7. The van der Waals surface area contributed by atoms with Gasteiger partial charge < -0.3 is 14.3 Å². The largest absolute Gasteiger partial charge is 0.497 e. The normalized spacial score (nSPS) is 11.4. The van der Waals surface area contributed by atoms with E-state index in [1.165, 1.54) is 0 Å². The second-order valence-electron chi connectivity index (χ2n) is 6.81. The first-order chi connectivity index (χ1) is 13.0. The molecule has 2 aromatic carbocycles. The summed E-state index contributed by atoms with van der Waals surface area (Å²) in [5.74, 6) is 0.543. The van der Waals surface area contributed by atoms with Crippen molar-refractivity contribution in [1.82, 2.24) is 4.98 Å². The van der Waals surface area contributed by atoms with Gasteiger partial charge in [-0.15, -0.1) is 0 Å². The molecule has 0 aliphatic heterocycles. The van der Waals surface area contributed by atoms with E-state index in [4.69, 9.17) is 9.15 Å². The smallest absolute Gasteiger partial charge is 0.336 e. The number of methoxy groups -OCH3 is 1. The zero-order valence-corrected chi connectivity index (χ0v) is 15.3. The summed E-state index contributed by atoms with van der Waals surface area (Å²) in [6.07, 6.45) is 0. The fraction of sp³-hybridized carbons (Fsp3) is 0.182. The van der Waals surface area contributed by atoms with Gasteiger partial charge in [0.1, 0.15) is 17.0 Å². The number of fused-ring (bicyclic) bond motifs is 2. The molecule has 0 amide bonds. The van der Waals surface area contributed by atoms with Crippen LogP contribution in [0.15, 0.2) is 52.9 Å². The molecule has 1 N–H and O–H groups in total. The minimum atomic E-state index is -0.984. The Bertz CT molecular complexity index is 1170. The number of pyridine rings is 1. The van der Waals surface area contributed by atoms with Gasteiger partial charge in [-0.3, -0.25) is 0 Å². The monoisotopic (exact) mass is 361 g/mol. The van der Waals surface area contributed by atoms with Crippen LogP contribution in [0.2, 0.25) is 0 Å². The van der Waals surface area contributed by atoms with Crippen LogP contribution < -0.4 is 4.74 Å². The number of carboxylic acids is 1. The first-order valence-corrected chi connectivity index (χ1v) is 8.72. The molecule has 0 spiro atoms. The third-order valence-corrected chi connectivity index (χ3v) is 4.71. The van der Waals surface area contributed by atoms with Crippen LogP contribution >= 0.6 is 0 Å². The summed E-state index contributed by atoms with van der Waals surface area (Å²) in [5, 5.41) is 11.3. The highest BCUT2D eigenvalue weighted by Gasteiger charge is 2.16. The predicted molar refractivity (Wildman–Crippen MR) is 105 cm³/mol. The molecule has 0 saturated carbocycles. The van der Waals surface area contributed by atoms with E-state index in [9.17, 15) is 9.90 Å². The fourth-order valence-corrected chi connectivity index (χ4v) is 3.17. The second-order valence-corrected chi connectivity index (χ2v) is 6.81. The van der Waals surface area contributed by atoms with E-state index in [-0.39, 0.29) is 5.56 Å². The van der Waals surface area contributed by atoms with Gasteiger partial charge in [-0.1, -0.05) is 19.9 Å². The van der Waals surface area contributed by atoms with Gasteiger partial charge in [-0.2, -0.15) is 0 Å². The molecule has 5 heteroatoms. The third-order valence-electron chi connectivity index (χ3n) is 4.71. The van der Waals surface area contributed by atoms with Crippen molar-refractivity contribution in [2.45, 2.75) is 19.8 Å². The molecule has 2 heterocycles. The third kappa shape index (κ3) is 3.01.